The second kappa shape index (κ2) is 6.58. The molecule has 6 heteroatoms. The number of rotatable bonds is 4. The number of amides is 2. The normalized spacial score (nSPS) is 23.3. The Bertz CT molecular complexity index is 309. The molecular formula is C12H23N3O3. The quantitative estimate of drug-likeness (QED) is 0.688. The summed E-state index contributed by atoms with van der Waals surface area (Å²) in [6.07, 6.45) is 2.49. The molecule has 2 amide bonds. The van der Waals surface area contributed by atoms with Gasteiger partial charge in [0.15, 0.2) is 0 Å². The van der Waals surface area contributed by atoms with Crippen LogP contribution >= 0.6 is 0 Å². The summed E-state index contributed by atoms with van der Waals surface area (Å²) in [6.45, 7) is 4.87. The third-order valence-electron chi connectivity index (χ3n) is 3.50. The maximum Gasteiger partial charge on any atom is 0.326 e. The first-order valence-corrected chi connectivity index (χ1v) is 6.49. The lowest BCUT2D eigenvalue weighted by Crippen LogP contribution is -2.54. The van der Waals surface area contributed by atoms with Gasteiger partial charge < -0.3 is 21.1 Å². The summed E-state index contributed by atoms with van der Waals surface area (Å²) in [4.78, 5) is 24.7. The molecule has 6 nitrogen and oxygen atoms in total. The number of hydrogen-bond donors (Lipinski definition) is 3. The molecule has 0 radical (unpaired) electrons. The number of carboxylic acid groups (broad SMARTS) is 1. The number of urea groups is 1. The molecule has 1 aliphatic rings. The number of nitrogens with one attached hydrogen (secondary N) is 1. The molecule has 0 aromatic carbocycles. The van der Waals surface area contributed by atoms with E-state index in [1.165, 1.54) is 0 Å². The van der Waals surface area contributed by atoms with Gasteiger partial charge in [-0.15, -0.1) is 0 Å². The van der Waals surface area contributed by atoms with Crippen LogP contribution in [0.3, 0.4) is 0 Å². The van der Waals surface area contributed by atoms with E-state index >= 15 is 0 Å². The van der Waals surface area contributed by atoms with Gasteiger partial charge in [0.05, 0.1) is 0 Å². The summed E-state index contributed by atoms with van der Waals surface area (Å²) < 4.78 is 0. The molecule has 3 atom stereocenters. The highest BCUT2D eigenvalue weighted by Crippen LogP contribution is 2.11. The molecule has 1 fully saturated rings. The summed E-state index contributed by atoms with van der Waals surface area (Å²) in [5.41, 5.74) is 5.80. The highest BCUT2D eigenvalue weighted by Gasteiger charge is 2.28. The number of carboxylic acids is 1. The van der Waals surface area contributed by atoms with Crippen molar-refractivity contribution in [2.75, 3.05) is 13.1 Å². The first-order chi connectivity index (χ1) is 8.45. The average Bonchev–Trinajstić information content (AvgIpc) is 2.34. The summed E-state index contributed by atoms with van der Waals surface area (Å²) in [5, 5.41) is 11.7. The van der Waals surface area contributed by atoms with Gasteiger partial charge in [0.25, 0.3) is 0 Å². The Morgan fingerprint density at radius 3 is 2.72 bits per heavy atom. The molecule has 18 heavy (non-hydrogen) atoms. The van der Waals surface area contributed by atoms with Gasteiger partial charge in [-0.2, -0.15) is 0 Å². The molecule has 1 rings (SSSR count). The molecule has 104 valence electrons. The lowest BCUT2D eigenvalue weighted by molar-refractivity contribution is -0.140. The lowest BCUT2D eigenvalue weighted by Gasteiger charge is -2.32. The van der Waals surface area contributed by atoms with Crippen molar-refractivity contribution in [3.63, 3.8) is 0 Å². The smallest absolute Gasteiger partial charge is 0.326 e. The minimum absolute atomic E-state index is 0.00335. The molecular weight excluding hydrogens is 234 g/mol. The predicted molar refractivity (Wildman–Crippen MR) is 68.2 cm³/mol. The molecule has 0 saturated carbocycles. The van der Waals surface area contributed by atoms with Crippen molar-refractivity contribution in [1.29, 1.82) is 0 Å². The third-order valence-corrected chi connectivity index (χ3v) is 3.50. The Morgan fingerprint density at radius 2 is 2.22 bits per heavy atom. The van der Waals surface area contributed by atoms with E-state index in [1.807, 2.05) is 13.8 Å². The predicted octanol–water partition coefficient (Wildman–Crippen LogP) is 0.618. The van der Waals surface area contributed by atoms with Crippen LogP contribution in [0.1, 0.15) is 33.1 Å². The van der Waals surface area contributed by atoms with Gasteiger partial charge in [0.2, 0.25) is 0 Å². The zero-order valence-corrected chi connectivity index (χ0v) is 11.1. The van der Waals surface area contributed by atoms with Crippen molar-refractivity contribution in [1.82, 2.24) is 10.2 Å². The van der Waals surface area contributed by atoms with Gasteiger partial charge >= 0.3 is 12.0 Å². The number of nitrogens with two attached hydrogens (primary N) is 1. The minimum atomic E-state index is -0.987. The summed E-state index contributed by atoms with van der Waals surface area (Å²) in [6, 6.07) is -1.16. The Balaban J connectivity index is 2.58. The van der Waals surface area contributed by atoms with E-state index in [9.17, 15) is 9.59 Å². The van der Waals surface area contributed by atoms with Crippen LogP contribution in [-0.2, 0) is 4.79 Å². The average molecular weight is 257 g/mol. The molecule has 0 aliphatic carbocycles. The van der Waals surface area contributed by atoms with E-state index < -0.39 is 12.0 Å². The lowest BCUT2D eigenvalue weighted by atomic mass is 9.99. The third kappa shape index (κ3) is 3.87. The Kier molecular flexibility index (Phi) is 5.40. The number of likely N-dealkylation sites (tertiary alicyclic amines) is 1. The highest BCUT2D eigenvalue weighted by molar-refractivity contribution is 5.82. The van der Waals surface area contributed by atoms with Crippen LogP contribution in [0.2, 0.25) is 0 Å². The van der Waals surface area contributed by atoms with Crippen LogP contribution in [0.25, 0.3) is 0 Å². The second-order valence-corrected chi connectivity index (χ2v) is 5.00. The van der Waals surface area contributed by atoms with Gasteiger partial charge in [0.1, 0.15) is 6.04 Å². The maximum absolute atomic E-state index is 12.0. The minimum Gasteiger partial charge on any atom is -0.480 e. The highest BCUT2D eigenvalue weighted by atomic mass is 16.4. The Morgan fingerprint density at radius 1 is 1.56 bits per heavy atom. The molecule has 1 aliphatic heterocycles. The first-order valence-electron chi connectivity index (χ1n) is 6.49. The van der Waals surface area contributed by atoms with Crippen LogP contribution in [-0.4, -0.2) is 47.2 Å². The van der Waals surface area contributed by atoms with Crippen molar-refractivity contribution in [3.8, 4) is 0 Å². The van der Waals surface area contributed by atoms with Gasteiger partial charge in [-0.05, 0) is 18.8 Å². The first kappa shape index (κ1) is 14.8. The number of carbonyl (C=O) groups excluding carboxylic acids is 1. The van der Waals surface area contributed by atoms with Gasteiger partial charge in [-0.1, -0.05) is 20.3 Å². The molecule has 0 aromatic heterocycles. The van der Waals surface area contributed by atoms with E-state index in [0.29, 0.717) is 19.5 Å². The zero-order valence-electron chi connectivity index (χ0n) is 11.1. The molecule has 1 heterocycles. The molecule has 4 N–H and O–H groups in total. The topological polar surface area (TPSA) is 95.7 Å². The number of hydrogen-bond acceptors (Lipinski definition) is 3. The molecule has 0 aromatic rings. The van der Waals surface area contributed by atoms with Crippen LogP contribution in [0, 0.1) is 5.92 Å². The molecule has 0 spiro atoms. The van der Waals surface area contributed by atoms with Crippen molar-refractivity contribution in [3.05, 3.63) is 0 Å². The summed E-state index contributed by atoms with van der Waals surface area (Å²) in [5.74, 6) is -1.08. The van der Waals surface area contributed by atoms with Crippen LogP contribution in [0.4, 0.5) is 4.79 Å². The fourth-order valence-electron chi connectivity index (χ4n) is 2.10. The van der Waals surface area contributed by atoms with Gasteiger partial charge in [0, 0.05) is 19.1 Å². The van der Waals surface area contributed by atoms with Crippen LogP contribution < -0.4 is 11.1 Å². The Labute approximate surface area is 108 Å². The summed E-state index contributed by atoms with van der Waals surface area (Å²) >= 11 is 0. The van der Waals surface area contributed by atoms with Crippen molar-refractivity contribution >= 4 is 12.0 Å². The van der Waals surface area contributed by atoms with E-state index in [2.05, 4.69) is 5.32 Å². The van der Waals surface area contributed by atoms with E-state index in [1.54, 1.807) is 4.90 Å². The van der Waals surface area contributed by atoms with Crippen LogP contribution in [0.15, 0.2) is 0 Å². The molecule has 1 saturated heterocycles. The van der Waals surface area contributed by atoms with Gasteiger partial charge in [-0.3, -0.25) is 0 Å². The fraction of sp³-hybridized carbons (Fsp3) is 0.833. The number of carbonyl (C=O) groups is 2. The monoisotopic (exact) mass is 257 g/mol. The zero-order chi connectivity index (χ0) is 13.7. The van der Waals surface area contributed by atoms with Crippen molar-refractivity contribution in [2.45, 2.75) is 45.2 Å². The fourth-order valence-corrected chi connectivity index (χ4v) is 2.10. The van der Waals surface area contributed by atoms with E-state index in [4.69, 9.17) is 10.8 Å². The van der Waals surface area contributed by atoms with E-state index in [0.717, 1.165) is 12.8 Å². The maximum atomic E-state index is 12.0. The van der Waals surface area contributed by atoms with E-state index in [-0.39, 0.29) is 18.0 Å². The number of aliphatic carboxylic acids is 1. The Hall–Kier alpha value is -1.30. The molecule has 0 bridgehead atoms. The molecule has 1 unspecified atom stereocenters. The number of nitrogens with zero attached hydrogens (tertiary/aromatic N) is 1. The van der Waals surface area contributed by atoms with Gasteiger partial charge in [-0.25, -0.2) is 9.59 Å². The van der Waals surface area contributed by atoms with Crippen LogP contribution in [0.5, 0.6) is 0 Å². The van der Waals surface area contributed by atoms with Crippen molar-refractivity contribution in [2.24, 2.45) is 11.7 Å². The van der Waals surface area contributed by atoms with Crippen molar-refractivity contribution < 1.29 is 14.7 Å². The second-order valence-electron chi connectivity index (χ2n) is 5.00. The standard InChI is InChI=1S/C12H23N3O3/c1-3-8(2)10(11(16)17)14-12(18)15-6-4-5-9(13)7-15/h8-10H,3-7,13H2,1-2H3,(H,14,18)(H,16,17)/t8-,9?,10-/m0/s1. The SMILES string of the molecule is CC[C@H](C)[C@H](NC(=O)N1CCCC(N)C1)C(=O)O. The number of piperidine rings is 1. The summed E-state index contributed by atoms with van der Waals surface area (Å²) in [7, 11) is 0. The largest absolute Gasteiger partial charge is 0.480 e.